The Labute approximate surface area is 136 Å². The first kappa shape index (κ1) is 17.2. The molecule has 0 aromatic heterocycles. The van der Waals surface area contributed by atoms with Crippen molar-refractivity contribution in [3.8, 4) is 17.2 Å². The van der Waals surface area contributed by atoms with Crippen LogP contribution < -0.4 is 9.47 Å². The highest BCUT2D eigenvalue weighted by molar-refractivity contribution is 5.58. The van der Waals surface area contributed by atoms with E-state index in [4.69, 9.17) is 14.6 Å². The van der Waals surface area contributed by atoms with Crippen molar-refractivity contribution in [3.05, 3.63) is 46.5 Å². The molecule has 9 nitrogen and oxygen atoms in total. The summed E-state index contributed by atoms with van der Waals surface area (Å²) >= 11 is 0. The number of aromatic hydroxyl groups is 1. The number of phenols is 1. The minimum absolute atomic E-state index is 0.0475. The van der Waals surface area contributed by atoms with Crippen LogP contribution in [0, 0.1) is 10.1 Å². The molecule has 0 saturated carbocycles. The van der Waals surface area contributed by atoms with Gasteiger partial charge in [-0.3, -0.25) is 10.1 Å². The smallest absolute Gasteiger partial charge is 0.273 e. The van der Waals surface area contributed by atoms with E-state index in [0.29, 0.717) is 5.75 Å². The molecular formula is C15H15N3O6. The van der Waals surface area contributed by atoms with Crippen molar-refractivity contribution in [2.45, 2.75) is 0 Å². The van der Waals surface area contributed by atoms with Gasteiger partial charge >= 0.3 is 0 Å². The predicted molar refractivity (Wildman–Crippen MR) is 84.5 cm³/mol. The molecule has 2 rings (SSSR count). The topological polar surface area (TPSA) is 127 Å². The number of non-ortho nitro benzene ring substituents is 1. The van der Waals surface area contributed by atoms with E-state index in [2.05, 4.69) is 10.2 Å². The Hall–Kier alpha value is -3.20. The molecule has 0 spiro atoms. The van der Waals surface area contributed by atoms with Crippen molar-refractivity contribution < 1.29 is 24.6 Å². The number of methoxy groups -OCH3 is 1. The van der Waals surface area contributed by atoms with Gasteiger partial charge in [-0.2, -0.15) is 0 Å². The lowest BCUT2D eigenvalue weighted by atomic mass is 10.2. The molecule has 0 atom stereocenters. The zero-order chi connectivity index (χ0) is 17.5. The number of aliphatic hydroxyl groups is 1. The van der Waals surface area contributed by atoms with Gasteiger partial charge in [-0.05, 0) is 18.2 Å². The molecule has 0 aliphatic carbocycles. The minimum atomic E-state index is -0.569. The third-order valence-corrected chi connectivity index (χ3v) is 2.95. The van der Waals surface area contributed by atoms with Crippen LogP contribution in [-0.4, -0.2) is 35.5 Å². The van der Waals surface area contributed by atoms with E-state index in [1.54, 1.807) is 6.07 Å². The van der Waals surface area contributed by atoms with Crippen LogP contribution in [0.1, 0.15) is 0 Å². The molecule has 24 heavy (non-hydrogen) atoms. The molecule has 2 aromatic carbocycles. The normalized spacial score (nSPS) is 10.8. The second-order valence-electron chi connectivity index (χ2n) is 4.54. The van der Waals surface area contributed by atoms with Crippen molar-refractivity contribution in [2.75, 3.05) is 20.3 Å². The van der Waals surface area contributed by atoms with E-state index < -0.39 is 4.92 Å². The van der Waals surface area contributed by atoms with Crippen LogP contribution in [0.4, 0.5) is 17.1 Å². The number of nitrogens with zero attached hydrogens (tertiary/aromatic N) is 3. The van der Waals surface area contributed by atoms with Crippen LogP contribution in [0.5, 0.6) is 17.2 Å². The molecule has 0 amide bonds. The summed E-state index contributed by atoms with van der Waals surface area (Å²) in [5.41, 5.74) is 0.211. The number of hydrogen-bond donors (Lipinski definition) is 2. The van der Waals surface area contributed by atoms with Gasteiger partial charge in [0.2, 0.25) is 0 Å². The average molecular weight is 333 g/mol. The monoisotopic (exact) mass is 333 g/mol. The zero-order valence-corrected chi connectivity index (χ0v) is 12.7. The number of nitro groups is 1. The van der Waals surface area contributed by atoms with Crippen LogP contribution in [-0.2, 0) is 0 Å². The minimum Gasteiger partial charge on any atom is -0.506 e. The fourth-order valence-corrected chi connectivity index (χ4v) is 1.79. The molecule has 0 aliphatic heterocycles. The van der Waals surface area contributed by atoms with Crippen molar-refractivity contribution >= 4 is 17.1 Å². The first-order valence-corrected chi connectivity index (χ1v) is 6.86. The molecule has 0 bridgehead atoms. The number of benzene rings is 2. The Morgan fingerprint density at radius 3 is 2.58 bits per heavy atom. The second-order valence-corrected chi connectivity index (χ2v) is 4.54. The van der Waals surface area contributed by atoms with Crippen LogP contribution in [0.25, 0.3) is 0 Å². The number of ether oxygens (including phenoxy) is 2. The predicted octanol–water partition coefficient (Wildman–Crippen LogP) is 3.10. The second kappa shape index (κ2) is 7.88. The fourth-order valence-electron chi connectivity index (χ4n) is 1.79. The van der Waals surface area contributed by atoms with Crippen LogP contribution in [0.2, 0.25) is 0 Å². The molecule has 0 fully saturated rings. The summed E-state index contributed by atoms with van der Waals surface area (Å²) in [7, 11) is 1.48. The van der Waals surface area contributed by atoms with E-state index in [0.717, 1.165) is 0 Å². The Balaban J connectivity index is 2.35. The van der Waals surface area contributed by atoms with Gasteiger partial charge < -0.3 is 19.7 Å². The third-order valence-electron chi connectivity index (χ3n) is 2.95. The van der Waals surface area contributed by atoms with Crippen LogP contribution in [0.3, 0.4) is 0 Å². The van der Waals surface area contributed by atoms with E-state index in [9.17, 15) is 15.2 Å². The lowest BCUT2D eigenvalue weighted by Crippen LogP contribution is -2.02. The molecular weight excluding hydrogens is 318 g/mol. The molecule has 0 aliphatic rings. The summed E-state index contributed by atoms with van der Waals surface area (Å²) in [5, 5.41) is 37.3. The van der Waals surface area contributed by atoms with Crippen LogP contribution >= 0.6 is 0 Å². The number of aliphatic hydroxyl groups excluding tert-OH is 1. The van der Waals surface area contributed by atoms with Gasteiger partial charge in [-0.1, -0.05) is 0 Å². The summed E-state index contributed by atoms with van der Waals surface area (Å²) < 4.78 is 10.3. The van der Waals surface area contributed by atoms with E-state index in [-0.39, 0.29) is 41.8 Å². The molecule has 2 aromatic rings. The summed E-state index contributed by atoms with van der Waals surface area (Å²) in [4.78, 5) is 10.3. The molecule has 0 heterocycles. The maximum atomic E-state index is 10.8. The SMILES string of the molecule is COc1ccc(O)c(N=Nc2ccc([N+](=O)[O-])cc2OCCO)c1. The Bertz CT molecular complexity index is 763. The highest BCUT2D eigenvalue weighted by Gasteiger charge is 2.12. The number of phenolic OH excluding ortho intramolecular Hbond substituents is 1. The maximum Gasteiger partial charge on any atom is 0.273 e. The number of rotatable bonds is 7. The maximum absolute atomic E-state index is 10.8. The number of azo groups is 1. The molecule has 0 saturated heterocycles. The van der Waals surface area contributed by atoms with E-state index >= 15 is 0 Å². The van der Waals surface area contributed by atoms with Gasteiger partial charge in [-0.25, -0.2) is 0 Å². The summed E-state index contributed by atoms with van der Waals surface area (Å²) in [6, 6.07) is 8.27. The largest absolute Gasteiger partial charge is 0.506 e. The zero-order valence-electron chi connectivity index (χ0n) is 12.7. The van der Waals surface area contributed by atoms with Gasteiger partial charge in [-0.15, -0.1) is 10.2 Å². The first-order valence-electron chi connectivity index (χ1n) is 6.86. The highest BCUT2D eigenvalue weighted by atomic mass is 16.6. The van der Waals surface area contributed by atoms with Crippen molar-refractivity contribution in [2.24, 2.45) is 10.2 Å². The van der Waals surface area contributed by atoms with Crippen molar-refractivity contribution in [1.82, 2.24) is 0 Å². The fraction of sp³-hybridized carbons (Fsp3) is 0.200. The quantitative estimate of drug-likeness (QED) is 0.455. The first-order chi connectivity index (χ1) is 11.5. The third kappa shape index (κ3) is 4.17. The van der Waals surface area contributed by atoms with Gasteiger partial charge in [0.15, 0.2) is 5.75 Å². The van der Waals surface area contributed by atoms with Gasteiger partial charge in [0, 0.05) is 12.1 Å². The molecule has 0 unspecified atom stereocenters. The molecule has 9 heteroatoms. The van der Waals surface area contributed by atoms with Crippen molar-refractivity contribution in [3.63, 3.8) is 0 Å². The Morgan fingerprint density at radius 2 is 1.92 bits per heavy atom. The number of hydrogen-bond acceptors (Lipinski definition) is 8. The highest BCUT2D eigenvalue weighted by Crippen LogP contribution is 2.35. The Morgan fingerprint density at radius 1 is 1.17 bits per heavy atom. The molecule has 2 N–H and O–H groups in total. The van der Waals surface area contributed by atoms with Crippen molar-refractivity contribution in [1.29, 1.82) is 0 Å². The van der Waals surface area contributed by atoms with Gasteiger partial charge in [0.05, 0.1) is 24.7 Å². The van der Waals surface area contributed by atoms with Gasteiger partial charge in [0.25, 0.3) is 5.69 Å². The average Bonchev–Trinajstić information content (AvgIpc) is 2.59. The summed E-state index contributed by atoms with van der Waals surface area (Å²) in [6.45, 7) is -0.302. The summed E-state index contributed by atoms with van der Waals surface area (Å²) in [6.07, 6.45) is 0. The van der Waals surface area contributed by atoms with Crippen LogP contribution in [0.15, 0.2) is 46.6 Å². The lowest BCUT2D eigenvalue weighted by molar-refractivity contribution is -0.384. The summed E-state index contributed by atoms with van der Waals surface area (Å²) in [5.74, 6) is 0.492. The van der Waals surface area contributed by atoms with E-state index in [1.807, 2.05) is 0 Å². The number of nitro benzene ring substituents is 1. The molecule has 0 radical (unpaired) electrons. The molecule has 126 valence electrons. The lowest BCUT2D eigenvalue weighted by Gasteiger charge is -2.07. The van der Waals surface area contributed by atoms with Gasteiger partial charge in [0.1, 0.15) is 29.5 Å². The van der Waals surface area contributed by atoms with E-state index in [1.165, 1.54) is 37.4 Å². The Kier molecular flexibility index (Phi) is 5.63. The standard InChI is InChI=1S/C15H15N3O6/c1-23-11-3-5-14(20)13(9-11)17-16-12-4-2-10(18(21)22)8-15(12)24-7-6-19/h2-5,8-9,19-20H,6-7H2,1H3.